The van der Waals surface area contributed by atoms with E-state index in [9.17, 15) is 0 Å². The van der Waals surface area contributed by atoms with Crippen LogP contribution in [0.3, 0.4) is 0 Å². The van der Waals surface area contributed by atoms with Crippen LogP contribution in [0.4, 0.5) is 0 Å². The largest absolute Gasteiger partial charge is 0.341 e. The Kier molecular flexibility index (Phi) is 10.9. The van der Waals surface area contributed by atoms with Crippen molar-refractivity contribution in [1.29, 1.82) is 0 Å². The van der Waals surface area contributed by atoms with E-state index in [2.05, 4.69) is 60.9 Å². The quantitative estimate of drug-likeness (QED) is 0.641. The van der Waals surface area contributed by atoms with Gasteiger partial charge in [0.2, 0.25) is 0 Å². The van der Waals surface area contributed by atoms with Crippen molar-refractivity contribution in [2.24, 2.45) is 0 Å². The van der Waals surface area contributed by atoms with Crippen LogP contribution in [0.15, 0.2) is 35.9 Å². The first-order chi connectivity index (χ1) is 11.3. The van der Waals surface area contributed by atoms with Crippen molar-refractivity contribution in [2.75, 3.05) is 0 Å². The van der Waals surface area contributed by atoms with E-state index in [0.717, 1.165) is 13.0 Å². The van der Waals surface area contributed by atoms with E-state index in [-0.39, 0.29) is 0 Å². The normalized spacial score (nSPS) is 11.6. The molecule has 0 saturated heterocycles. The fourth-order valence-electron chi connectivity index (χ4n) is 2.71. The number of aryl methyl sites for hydroxylation is 1. The topological polar surface area (TPSA) is 4.93 Å². The lowest BCUT2D eigenvalue weighted by Gasteiger charge is -2.00. The summed E-state index contributed by atoms with van der Waals surface area (Å²) in [5.74, 6) is 0. The second-order valence-electron chi connectivity index (χ2n) is 4.59. The molecule has 0 bridgehead atoms. The first-order valence-electron chi connectivity index (χ1n) is 9.27. The summed E-state index contributed by atoms with van der Waals surface area (Å²) in [7, 11) is 0. The highest BCUT2D eigenvalue weighted by molar-refractivity contribution is 5.83. The van der Waals surface area contributed by atoms with E-state index < -0.39 is 0 Å². The molecule has 0 spiro atoms. The summed E-state index contributed by atoms with van der Waals surface area (Å²) < 4.78 is 2.41. The highest BCUT2D eigenvalue weighted by Gasteiger charge is 2.06. The van der Waals surface area contributed by atoms with Gasteiger partial charge in [-0.05, 0) is 32.4 Å². The third kappa shape index (κ3) is 4.86. The maximum Gasteiger partial charge on any atom is 0.0491 e. The van der Waals surface area contributed by atoms with Gasteiger partial charge >= 0.3 is 0 Å². The number of hydrogen-bond acceptors (Lipinski definition) is 0. The number of aromatic nitrogens is 1. The van der Waals surface area contributed by atoms with E-state index in [1.807, 2.05) is 41.5 Å². The van der Waals surface area contributed by atoms with Gasteiger partial charge in [0.1, 0.15) is 0 Å². The molecule has 0 saturated carbocycles. The Morgan fingerprint density at radius 2 is 1.52 bits per heavy atom. The Bertz CT molecular complexity index is 714. The Labute approximate surface area is 143 Å². The molecule has 2 aromatic rings. The number of para-hydroxylation sites is 1. The molecule has 0 atom stereocenters. The molecular formula is C22H35N. The van der Waals surface area contributed by atoms with Crippen LogP contribution in [-0.2, 0) is 6.54 Å². The zero-order valence-electron chi connectivity index (χ0n) is 16.4. The molecular weight excluding hydrogens is 278 g/mol. The second kappa shape index (κ2) is 11.8. The Morgan fingerprint density at radius 3 is 2.13 bits per heavy atom. The van der Waals surface area contributed by atoms with Crippen LogP contribution in [0.5, 0.6) is 0 Å². The van der Waals surface area contributed by atoms with Crippen molar-refractivity contribution in [2.45, 2.75) is 68.4 Å². The molecule has 1 nitrogen and oxygen atoms in total. The van der Waals surface area contributed by atoms with Gasteiger partial charge in [0.25, 0.3) is 0 Å². The highest BCUT2D eigenvalue weighted by Crippen LogP contribution is 2.10. The molecule has 0 radical (unpaired) electrons. The molecule has 1 heteroatoms. The predicted molar refractivity (Wildman–Crippen MR) is 108 cm³/mol. The molecule has 0 unspecified atom stereocenters. The molecule has 1 heterocycles. The molecule has 0 amide bonds. The summed E-state index contributed by atoms with van der Waals surface area (Å²) in [4.78, 5) is 0. The number of allylic oxidation sites excluding steroid dienone is 2. The van der Waals surface area contributed by atoms with Gasteiger partial charge in [-0.2, -0.15) is 0 Å². The number of hydrogen-bond donors (Lipinski definition) is 0. The summed E-state index contributed by atoms with van der Waals surface area (Å²) in [6.45, 7) is 17.4. The summed E-state index contributed by atoms with van der Waals surface area (Å²) in [5.41, 5.74) is 2.71. The van der Waals surface area contributed by atoms with E-state index in [4.69, 9.17) is 0 Å². The summed E-state index contributed by atoms with van der Waals surface area (Å²) in [6.07, 6.45) is 7.97. The number of nitrogens with zero attached hydrogens (tertiary/aromatic N) is 1. The average molecular weight is 314 g/mol. The summed E-state index contributed by atoms with van der Waals surface area (Å²) in [5, 5.41) is 4.13. The first kappa shape index (κ1) is 21.2. The molecule has 1 aliphatic rings. The lowest BCUT2D eigenvalue weighted by molar-refractivity contribution is 0.770. The number of rotatable bonds is 1. The summed E-state index contributed by atoms with van der Waals surface area (Å²) in [6, 6.07) is 8.69. The van der Waals surface area contributed by atoms with Crippen LogP contribution in [0, 0.1) is 0 Å². The molecule has 1 aromatic heterocycles. The zero-order chi connectivity index (χ0) is 17.8. The minimum atomic E-state index is 1.03. The van der Waals surface area contributed by atoms with Crippen LogP contribution < -0.4 is 10.6 Å². The van der Waals surface area contributed by atoms with E-state index in [1.54, 1.807) is 0 Å². The van der Waals surface area contributed by atoms with Crippen LogP contribution in [-0.4, -0.2) is 4.57 Å². The Morgan fingerprint density at radius 1 is 0.913 bits per heavy atom. The Hall–Kier alpha value is -1.76. The Balaban J connectivity index is 0.000000728. The van der Waals surface area contributed by atoms with Gasteiger partial charge < -0.3 is 4.57 Å². The molecule has 0 aliphatic heterocycles. The molecule has 3 rings (SSSR count). The van der Waals surface area contributed by atoms with Gasteiger partial charge in [-0.15, -0.1) is 0 Å². The van der Waals surface area contributed by atoms with E-state index >= 15 is 0 Å². The maximum atomic E-state index is 2.41. The molecule has 1 aromatic carbocycles. The number of benzene rings is 1. The SMILES string of the molecule is CC.CC.CC.CCn1c2c(c3ccccc31)=CC(C)=CCC=2. The minimum absolute atomic E-state index is 1.03. The van der Waals surface area contributed by atoms with Crippen LogP contribution in [0.2, 0.25) is 0 Å². The number of fused-ring (bicyclic) bond motifs is 3. The maximum absolute atomic E-state index is 2.41. The van der Waals surface area contributed by atoms with Gasteiger partial charge in [-0.3, -0.25) is 0 Å². The van der Waals surface area contributed by atoms with Gasteiger partial charge in [-0.1, -0.05) is 77.5 Å². The van der Waals surface area contributed by atoms with Crippen LogP contribution in [0.1, 0.15) is 61.8 Å². The van der Waals surface area contributed by atoms with Crippen molar-refractivity contribution >= 4 is 23.1 Å². The van der Waals surface area contributed by atoms with Gasteiger partial charge in [-0.25, -0.2) is 0 Å². The lowest BCUT2D eigenvalue weighted by Crippen LogP contribution is -2.28. The fourth-order valence-corrected chi connectivity index (χ4v) is 2.71. The zero-order valence-corrected chi connectivity index (χ0v) is 16.4. The molecule has 23 heavy (non-hydrogen) atoms. The lowest BCUT2D eigenvalue weighted by atomic mass is 10.2. The molecule has 1 aliphatic carbocycles. The highest BCUT2D eigenvalue weighted by atomic mass is 15.0. The second-order valence-corrected chi connectivity index (χ2v) is 4.59. The monoisotopic (exact) mass is 313 g/mol. The van der Waals surface area contributed by atoms with Gasteiger partial charge in [0.15, 0.2) is 0 Å². The fraction of sp³-hybridized carbons (Fsp3) is 0.455. The van der Waals surface area contributed by atoms with E-state index in [0.29, 0.717) is 0 Å². The molecule has 0 N–H and O–H groups in total. The van der Waals surface area contributed by atoms with Crippen LogP contribution >= 0.6 is 0 Å². The van der Waals surface area contributed by atoms with Crippen molar-refractivity contribution < 1.29 is 0 Å². The average Bonchev–Trinajstić information content (AvgIpc) is 2.79. The minimum Gasteiger partial charge on any atom is -0.341 e. The third-order valence-electron chi connectivity index (χ3n) is 3.49. The van der Waals surface area contributed by atoms with Crippen molar-refractivity contribution in [3.63, 3.8) is 0 Å². The molecule has 0 fully saturated rings. The van der Waals surface area contributed by atoms with Gasteiger partial charge in [0.05, 0.1) is 0 Å². The van der Waals surface area contributed by atoms with E-state index in [1.165, 1.54) is 27.0 Å². The molecule has 128 valence electrons. The van der Waals surface area contributed by atoms with Crippen LogP contribution in [0.25, 0.3) is 23.1 Å². The third-order valence-corrected chi connectivity index (χ3v) is 3.49. The van der Waals surface area contributed by atoms with Gasteiger partial charge in [0, 0.05) is 28.0 Å². The standard InChI is InChI=1S/C16H17N.3C2H6/c1-3-17-15-9-5-4-8-13(15)14-11-12(2)7-6-10-16(14)17;3*1-2/h4-5,7-11H,3,6H2,1-2H3;3*1-2H3. The van der Waals surface area contributed by atoms with Crippen molar-refractivity contribution in [3.05, 3.63) is 46.5 Å². The van der Waals surface area contributed by atoms with Crippen molar-refractivity contribution in [3.8, 4) is 0 Å². The smallest absolute Gasteiger partial charge is 0.0491 e. The predicted octanol–water partition coefficient (Wildman–Crippen LogP) is 5.65. The first-order valence-corrected chi connectivity index (χ1v) is 9.27. The summed E-state index contributed by atoms with van der Waals surface area (Å²) >= 11 is 0. The van der Waals surface area contributed by atoms with Crippen molar-refractivity contribution in [1.82, 2.24) is 4.57 Å².